The first kappa shape index (κ1) is 10.8. The van der Waals surface area contributed by atoms with Crippen LogP contribution in [0.25, 0.3) is 0 Å². The summed E-state index contributed by atoms with van der Waals surface area (Å²) in [6.45, 7) is 3.98. The third-order valence-corrected chi connectivity index (χ3v) is 1.77. The van der Waals surface area contributed by atoms with Crippen molar-refractivity contribution in [3.8, 4) is 0 Å². The van der Waals surface area contributed by atoms with E-state index in [1.54, 1.807) is 11.6 Å². The van der Waals surface area contributed by atoms with E-state index >= 15 is 0 Å². The van der Waals surface area contributed by atoms with Gasteiger partial charge in [-0.05, 0) is 19.3 Å². The highest BCUT2D eigenvalue weighted by Gasteiger charge is 1.87. The number of hydrogen-bond donors (Lipinski definition) is 2. The molecule has 0 rings (SSSR count). The summed E-state index contributed by atoms with van der Waals surface area (Å²) >= 11 is 8.01. The molecule has 0 aromatic rings. The van der Waals surface area contributed by atoms with Gasteiger partial charge in [-0.1, -0.05) is 12.2 Å². The molecule has 11 heavy (non-hydrogen) atoms. The normalized spacial score (nSPS) is 16.5. The minimum absolute atomic E-state index is 0.218. The number of thiol groups is 2. The molecule has 0 heterocycles. The Morgan fingerprint density at radius 2 is 2.18 bits per heavy atom. The molecule has 0 aliphatic rings. The number of nitrogens with zero attached hydrogens (tertiary/aromatic N) is 1. The van der Waals surface area contributed by atoms with Crippen molar-refractivity contribution in [1.29, 1.82) is 0 Å². The molecule has 0 N–H and O–H groups in total. The van der Waals surface area contributed by atoms with Crippen molar-refractivity contribution in [3.63, 3.8) is 0 Å². The van der Waals surface area contributed by atoms with Gasteiger partial charge in [-0.2, -0.15) is 12.6 Å². The van der Waals surface area contributed by atoms with E-state index in [1.807, 2.05) is 26.0 Å². The molecular formula is C8H13NS2. The average molecular weight is 187 g/mol. The predicted octanol–water partition coefficient (Wildman–Crippen LogP) is 2.72. The van der Waals surface area contributed by atoms with Gasteiger partial charge < -0.3 is 0 Å². The second kappa shape index (κ2) is 6.55. The lowest BCUT2D eigenvalue weighted by atomic mass is 10.3. The van der Waals surface area contributed by atoms with Crippen LogP contribution in [-0.4, -0.2) is 12.3 Å². The van der Waals surface area contributed by atoms with Crippen LogP contribution in [0.2, 0.25) is 0 Å². The van der Waals surface area contributed by atoms with Crippen LogP contribution in [-0.2, 0) is 0 Å². The maximum atomic E-state index is 4.18. The molecule has 62 valence electrons. The third-order valence-electron chi connectivity index (χ3n) is 1.05. The number of aliphatic imine (C=N–C) groups is 1. The van der Waals surface area contributed by atoms with Gasteiger partial charge in [-0.25, -0.2) is 0 Å². The summed E-state index contributed by atoms with van der Waals surface area (Å²) in [7, 11) is 0. The fourth-order valence-corrected chi connectivity index (χ4v) is 0.689. The molecule has 0 aliphatic heterocycles. The van der Waals surface area contributed by atoms with Crippen molar-refractivity contribution < 1.29 is 0 Å². The highest BCUT2D eigenvalue weighted by atomic mass is 32.1. The van der Waals surface area contributed by atoms with E-state index in [2.05, 4.69) is 30.2 Å². The van der Waals surface area contributed by atoms with Gasteiger partial charge in [0.2, 0.25) is 0 Å². The highest BCUT2D eigenvalue weighted by Crippen LogP contribution is 1.99. The molecule has 0 amide bonds. The molecule has 0 fully saturated rings. The Morgan fingerprint density at radius 1 is 1.55 bits per heavy atom. The average Bonchev–Trinajstić information content (AvgIpc) is 2.01. The van der Waals surface area contributed by atoms with Crippen LogP contribution in [0, 0.1) is 0 Å². The van der Waals surface area contributed by atoms with Crippen molar-refractivity contribution in [1.82, 2.24) is 0 Å². The molecule has 0 radical (unpaired) electrons. The zero-order valence-corrected chi connectivity index (χ0v) is 8.52. The molecule has 0 saturated carbocycles. The number of hydrogen-bond acceptors (Lipinski definition) is 3. The van der Waals surface area contributed by atoms with Gasteiger partial charge in [0.05, 0.1) is 6.04 Å². The van der Waals surface area contributed by atoms with Gasteiger partial charge in [0, 0.05) is 11.1 Å². The maximum Gasteiger partial charge on any atom is 0.0652 e. The number of rotatable bonds is 3. The van der Waals surface area contributed by atoms with E-state index in [9.17, 15) is 0 Å². The van der Waals surface area contributed by atoms with Gasteiger partial charge in [0.1, 0.15) is 0 Å². The van der Waals surface area contributed by atoms with Crippen LogP contribution in [0.3, 0.4) is 0 Å². The van der Waals surface area contributed by atoms with Gasteiger partial charge in [0.25, 0.3) is 0 Å². The van der Waals surface area contributed by atoms with Crippen LogP contribution >= 0.6 is 25.3 Å². The first-order chi connectivity index (χ1) is 5.20. The van der Waals surface area contributed by atoms with E-state index < -0.39 is 0 Å². The highest BCUT2D eigenvalue weighted by molar-refractivity contribution is 7.88. The summed E-state index contributed by atoms with van der Waals surface area (Å²) in [5.41, 5.74) is 0. The predicted molar refractivity (Wildman–Crippen MR) is 58.8 cm³/mol. The van der Waals surface area contributed by atoms with Crippen molar-refractivity contribution in [2.75, 3.05) is 0 Å². The van der Waals surface area contributed by atoms with Crippen LogP contribution in [0.4, 0.5) is 0 Å². The van der Waals surface area contributed by atoms with Gasteiger partial charge in [-0.15, -0.1) is 12.6 Å². The molecule has 0 bridgehead atoms. The molecular weight excluding hydrogens is 174 g/mol. The fourth-order valence-electron chi connectivity index (χ4n) is 0.555. The summed E-state index contributed by atoms with van der Waals surface area (Å²) in [6.07, 6.45) is 5.68. The second-order valence-corrected chi connectivity index (χ2v) is 2.87. The Hall–Kier alpha value is -0.150. The smallest absolute Gasteiger partial charge is 0.0652 e. The van der Waals surface area contributed by atoms with Gasteiger partial charge in [-0.3, -0.25) is 4.99 Å². The topological polar surface area (TPSA) is 12.4 Å². The molecule has 0 aromatic heterocycles. The Kier molecular flexibility index (Phi) is 6.46. The summed E-state index contributed by atoms with van der Waals surface area (Å²) in [4.78, 5) is 4.95. The molecule has 1 unspecified atom stereocenters. The van der Waals surface area contributed by atoms with E-state index in [-0.39, 0.29) is 6.04 Å². The summed E-state index contributed by atoms with van der Waals surface area (Å²) in [6, 6.07) is 0.218. The Balaban J connectivity index is 3.92. The SMILES string of the molecule is C/C=C\C(C)/N=C\C(S)=C/S. The van der Waals surface area contributed by atoms with E-state index in [0.717, 1.165) is 4.91 Å². The largest absolute Gasteiger partial charge is 0.285 e. The first-order valence-electron chi connectivity index (χ1n) is 3.40. The molecule has 0 aromatic carbocycles. The van der Waals surface area contributed by atoms with Gasteiger partial charge >= 0.3 is 0 Å². The monoisotopic (exact) mass is 187 g/mol. The van der Waals surface area contributed by atoms with E-state index in [4.69, 9.17) is 0 Å². The fraction of sp³-hybridized carbons (Fsp3) is 0.375. The maximum absolute atomic E-state index is 4.18. The van der Waals surface area contributed by atoms with Crippen LogP contribution < -0.4 is 0 Å². The minimum atomic E-state index is 0.218. The zero-order valence-electron chi connectivity index (χ0n) is 6.73. The van der Waals surface area contributed by atoms with Crippen molar-refractivity contribution in [2.45, 2.75) is 19.9 Å². The Labute approximate surface area is 79.1 Å². The quantitative estimate of drug-likeness (QED) is 0.383. The molecule has 0 aliphatic carbocycles. The van der Waals surface area contributed by atoms with Gasteiger partial charge in [0.15, 0.2) is 0 Å². The van der Waals surface area contributed by atoms with Crippen LogP contribution in [0.1, 0.15) is 13.8 Å². The summed E-state index contributed by atoms with van der Waals surface area (Å²) in [5, 5.41) is 1.61. The minimum Gasteiger partial charge on any atom is -0.285 e. The van der Waals surface area contributed by atoms with E-state index in [0.29, 0.717) is 0 Å². The lowest BCUT2D eigenvalue weighted by Gasteiger charge is -1.95. The lowest BCUT2D eigenvalue weighted by molar-refractivity contribution is 0.931. The number of allylic oxidation sites excluding steroid dienone is 2. The molecule has 1 nitrogen and oxygen atoms in total. The second-order valence-electron chi connectivity index (χ2n) is 2.10. The van der Waals surface area contributed by atoms with Crippen molar-refractivity contribution >= 4 is 31.5 Å². The summed E-state index contributed by atoms with van der Waals surface area (Å²) < 4.78 is 0. The first-order valence-corrected chi connectivity index (χ1v) is 4.36. The van der Waals surface area contributed by atoms with E-state index in [1.165, 1.54) is 0 Å². The molecule has 0 spiro atoms. The molecule has 3 heteroatoms. The zero-order chi connectivity index (χ0) is 8.69. The Morgan fingerprint density at radius 3 is 2.64 bits per heavy atom. The van der Waals surface area contributed by atoms with Crippen LogP contribution in [0.15, 0.2) is 27.5 Å². The molecule has 0 saturated heterocycles. The standard InChI is InChI=1S/C8H13NS2/c1-3-4-7(2)9-5-8(11)6-10/h3-7,10-11H,1-2H3/b4-3-,8-6+,9-5-. The molecule has 1 atom stereocenters. The van der Waals surface area contributed by atoms with Crippen LogP contribution in [0.5, 0.6) is 0 Å². The lowest BCUT2D eigenvalue weighted by Crippen LogP contribution is -1.91. The Bertz CT molecular complexity index is 183. The van der Waals surface area contributed by atoms with Crippen molar-refractivity contribution in [2.24, 2.45) is 4.99 Å². The van der Waals surface area contributed by atoms with Crippen molar-refractivity contribution in [3.05, 3.63) is 22.5 Å². The third kappa shape index (κ3) is 6.26. The summed E-state index contributed by atoms with van der Waals surface area (Å²) in [5.74, 6) is 0.